The molecule has 198 valence electrons. The summed E-state index contributed by atoms with van der Waals surface area (Å²) in [4.78, 5) is 13.3. The van der Waals surface area contributed by atoms with E-state index in [9.17, 15) is 36.2 Å². The lowest BCUT2D eigenvalue weighted by Gasteiger charge is -2.25. The van der Waals surface area contributed by atoms with Gasteiger partial charge >= 0.3 is 12.5 Å². The van der Waals surface area contributed by atoms with E-state index in [0.717, 1.165) is 30.3 Å². The zero-order chi connectivity index (χ0) is 27.4. The average molecular weight is 533 g/mol. The molecule has 4 aromatic carbocycles. The smallest absolute Gasteiger partial charge is 0.428 e. The minimum Gasteiger partial charge on any atom is -0.428 e. The maximum atomic E-state index is 14.3. The van der Waals surface area contributed by atoms with Crippen LogP contribution in [-0.2, 0) is 6.42 Å². The van der Waals surface area contributed by atoms with Crippen LogP contribution in [-0.4, -0.2) is 29.6 Å². The van der Waals surface area contributed by atoms with E-state index < -0.39 is 48.0 Å². The van der Waals surface area contributed by atoms with E-state index in [-0.39, 0.29) is 28.5 Å². The van der Waals surface area contributed by atoms with Gasteiger partial charge in [-0.3, -0.25) is 4.79 Å². The second-order valence-corrected chi connectivity index (χ2v) is 8.53. The molecule has 0 saturated carbocycles. The number of aliphatic hydroxyl groups is 1. The van der Waals surface area contributed by atoms with Crippen LogP contribution in [0.1, 0.15) is 27.6 Å². The van der Waals surface area contributed by atoms with Crippen LogP contribution in [0, 0.1) is 11.6 Å². The molecule has 2 atom stereocenters. The van der Waals surface area contributed by atoms with Gasteiger partial charge in [-0.2, -0.15) is 17.6 Å². The Morgan fingerprint density at radius 2 is 1.58 bits per heavy atom. The van der Waals surface area contributed by atoms with Crippen LogP contribution < -0.4 is 10.1 Å². The summed E-state index contributed by atoms with van der Waals surface area (Å²) < 4.78 is 83.8. The van der Waals surface area contributed by atoms with E-state index in [4.69, 9.17) is 0 Å². The van der Waals surface area contributed by atoms with Gasteiger partial charge in [0.05, 0.1) is 12.1 Å². The number of alkyl halides is 4. The number of carbonyl (C=O) groups excluding carboxylic acids is 1. The number of hydrogen-bond acceptors (Lipinski definition) is 3. The van der Waals surface area contributed by atoms with E-state index in [1.54, 1.807) is 18.2 Å². The summed E-state index contributed by atoms with van der Waals surface area (Å²) in [5.74, 6) is -2.29. The molecule has 4 rings (SSSR count). The van der Waals surface area contributed by atoms with E-state index in [2.05, 4.69) is 10.1 Å². The minimum atomic E-state index is -4.72. The van der Waals surface area contributed by atoms with Crippen molar-refractivity contribution in [1.29, 1.82) is 0 Å². The van der Waals surface area contributed by atoms with Crippen molar-refractivity contribution in [3.63, 3.8) is 0 Å². The van der Waals surface area contributed by atoms with Crippen molar-refractivity contribution in [3.05, 3.63) is 113 Å². The Hall–Kier alpha value is -4.05. The molecule has 0 saturated heterocycles. The Balaban J connectivity index is 1.65. The van der Waals surface area contributed by atoms with Gasteiger partial charge in [-0.1, -0.05) is 48.5 Å². The highest BCUT2D eigenvalue weighted by Gasteiger charge is 2.44. The minimum absolute atomic E-state index is 0.118. The lowest BCUT2D eigenvalue weighted by atomic mass is 9.95. The van der Waals surface area contributed by atoms with Crippen molar-refractivity contribution in [2.24, 2.45) is 0 Å². The lowest BCUT2D eigenvalue weighted by molar-refractivity contribution is -0.253. The fraction of sp³-hybridized carbons (Fsp3) is 0.179. The summed E-state index contributed by atoms with van der Waals surface area (Å²) in [6.07, 6.45) is -10.3. The second-order valence-electron chi connectivity index (χ2n) is 8.53. The number of fused-ring (bicyclic) bond motifs is 1. The topological polar surface area (TPSA) is 58.6 Å². The normalized spacial score (nSPS) is 13.4. The Morgan fingerprint density at radius 3 is 2.26 bits per heavy atom. The third kappa shape index (κ3) is 6.08. The molecule has 0 spiro atoms. The number of hydrogen-bond donors (Lipinski definition) is 2. The number of amides is 1. The lowest BCUT2D eigenvalue weighted by Crippen LogP contribution is -2.41. The highest BCUT2D eigenvalue weighted by molar-refractivity contribution is 6.07. The van der Waals surface area contributed by atoms with E-state index in [1.807, 2.05) is 0 Å². The standard InChI is InChI=1S/C28H21F6NO3/c29-18-10-8-17(9-11-18)25(36)24(15-16-4-3-5-19(14-16)38-28(33,34)27(31)32)35-26(37)22-12-13-23(30)21-7-2-1-6-20(21)22/h1-14,24-25,27,36H,15H2,(H,35,37)/t24-,25-/m1/s1. The molecule has 0 radical (unpaired) electrons. The van der Waals surface area contributed by atoms with E-state index in [1.165, 1.54) is 36.4 Å². The van der Waals surface area contributed by atoms with E-state index in [0.29, 0.717) is 5.39 Å². The van der Waals surface area contributed by atoms with Gasteiger partial charge in [0.2, 0.25) is 0 Å². The summed E-state index contributed by atoms with van der Waals surface area (Å²) >= 11 is 0. The molecule has 10 heteroatoms. The summed E-state index contributed by atoms with van der Waals surface area (Å²) in [5.41, 5.74) is 0.632. The van der Waals surface area contributed by atoms with Gasteiger partial charge in [-0.25, -0.2) is 8.78 Å². The molecular weight excluding hydrogens is 512 g/mol. The van der Waals surface area contributed by atoms with Gasteiger partial charge in [0.25, 0.3) is 5.91 Å². The van der Waals surface area contributed by atoms with Crippen molar-refractivity contribution in [2.45, 2.75) is 31.1 Å². The number of rotatable bonds is 9. The first-order valence-electron chi connectivity index (χ1n) is 11.4. The van der Waals surface area contributed by atoms with Crippen LogP contribution in [0.3, 0.4) is 0 Å². The highest BCUT2D eigenvalue weighted by atomic mass is 19.3. The van der Waals surface area contributed by atoms with Crippen molar-refractivity contribution < 1.29 is 41.0 Å². The first-order chi connectivity index (χ1) is 18.0. The number of benzene rings is 4. The molecule has 38 heavy (non-hydrogen) atoms. The first-order valence-corrected chi connectivity index (χ1v) is 11.4. The predicted molar refractivity (Wildman–Crippen MR) is 128 cm³/mol. The molecule has 0 aromatic heterocycles. The van der Waals surface area contributed by atoms with Crippen LogP contribution in [0.2, 0.25) is 0 Å². The Morgan fingerprint density at radius 1 is 0.895 bits per heavy atom. The monoisotopic (exact) mass is 533 g/mol. The Kier molecular flexibility index (Phi) is 7.91. The first kappa shape index (κ1) is 27.0. The zero-order valence-corrected chi connectivity index (χ0v) is 19.6. The van der Waals surface area contributed by atoms with Crippen molar-refractivity contribution in [3.8, 4) is 5.75 Å². The van der Waals surface area contributed by atoms with Gasteiger partial charge in [0.1, 0.15) is 17.4 Å². The average Bonchev–Trinajstić information content (AvgIpc) is 2.88. The summed E-state index contributed by atoms with van der Waals surface area (Å²) in [5, 5.41) is 14.3. The SMILES string of the molecule is O=C(N[C@H](Cc1cccc(OC(F)(F)C(F)F)c1)[C@H](O)c1ccc(F)cc1)c1ccc(F)c2ccccc12. The quantitative estimate of drug-likeness (QED) is 0.244. The van der Waals surface area contributed by atoms with Gasteiger partial charge in [0, 0.05) is 10.9 Å². The number of aliphatic hydroxyl groups excluding tert-OH is 1. The van der Waals surface area contributed by atoms with Crippen molar-refractivity contribution in [1.82, 2.24) is 5.32 Å². The fourth-order valence-corrected chi connectivity index (χ4v) is 4.03. The fourth-order valence-electron chi connectivity index (χ4n) is 4.03. The Labute approximate surface area is 213 Å². The third-order valence-corrected chi connectivity index (χ3v) is 5.89. The molecule has 0 aliphatic heterocycles. The van der Waals surface area contributed by atoms with Crippen LogP contribution in [0.5, 0.6) is 5.75 Å². The Bertz CT molecular complexity index is 1430. The van der Waals surface area contributed by atoms with Gasteiger partial charge in [-0.15, -0.1) is 0 Å². The molecule has 0 aliphatic carbocycles. The largest absolute Gasteiger partial charge is 0.461 e. The number of halogens is 6. The van der Waals surface area contributed by atoms with Crippen LogP contribution in [0.4, 0.5) is 26.3 Å². The molecule has 0 unspecified atom stereocenters. The number of nitrogens with one attached hydrogen (secondary N) is 1. The number of ether oxygens (including phenoxy) is 1. The second kappa shape index (κ2) is 11.1. The molecule has 0 fully saturated rings. The number of carbonyl (C=O) groups is 1. The van der Waals surface area contributed by atoms with Crippen molar-refractivity contribution >= 4 is 16.7 Å². The molecular formula is C28H21F6NO3. The van der Waals surface area contributed by atoms with E-state index >= 15 is 0 Å². The van der Waals surface area contributed by atoms with Gasteiger partial charge < -0.3 is 15.2 Å². The third-order valence-electron chi connectivity index (χ3n) is 5.89. The molecule has 4 aromatic rings. The summed E-state index contributed by atoms with van der Waals surface area (Å²) in [6, 6.07) is 17.4. The molecule has 0 heterocycles. The maximum Gasteiger partial charge on any atom is 0.461 e. The highest BCUT2D eigenvalue weighted by Crippen LogP contribution is 2.29. The molecule has 4 nitrogen and oxygen atoms in total. The summed E-state index contributed by atoms with van der Waals surface area (Å²) in [7, 11) is 0. The van der Waals surface area contributed by atoms with Crippen LogP contribution in [0.15, 0.2) is 84.9 Å². The molecule has 0 bridgehead atoms. The zero-order valence-electron chi connectivity index (χ0n) is 19.6. The van der Waals surface area contributed by atoms with Crippen LogP contribution in [0.25, 0.3) is 10.8 Å². The van der Waals surface area contributed by atoms with Gasteiger partial charge in [0.15, 0.2) is 0 Å². The van der Waals surface area contributed by atoms with Crippen molar-refractivity contribution in [2.75, 3.05) is 0 Å². The van der Waals surface area contributed by atoms with Gasteiger partial charge in [-0.05, 0) is 59.3 Å². The molecule has 1 amide bonds. The molecule has 0 aliphatic rings. The predicted octanol–water partition coefficient (Wildman–Crippen LogP) is 6.43. The summed E-state index contributed by atoms with van der Waals surface area (Å²) in [6.45, 7) is 0. The maximum absolute atomic E-state index is 14.3. The van der Waals surface area contributed by atoms with Crippen LogP contribution >= 0.6 is 0 Å². The molecule has 2 N–H and O–H groups in total.